The lowest BCUT2D eigenvalue weighted by atomic mass is 10.1. The van der Waals surface area contributed by atoms with Gasteiger partial charge in [-0.25, -0.2) is 0 Å². The molecule has 1 amide bonds. The fraction of sp³-hybridized carbons (Fsp3) is 0.0909. The van der Waals surface area contributed by atoms with Crippen molar-refractivity contribution in [2.75, 3.05) is 0 Å². The van der Waals surface area contributed by atoms with Gasteiger partial charge in [-0.2, -0.15) is 5.26 Å². The molecule has 0 saturated carbocycles. The van der Waals surface area contributed by atoms with Crippen molar-refractivity contribution >= 4 is 29.3 Å². The van der Waals surface area contributed by atoms with E-state index >= 15 is 0 Å². The molecule has 0 aliphatic rings. The van der Waals surface area contributed by atoms with E-state index in [0.29, 0.717) is 11.3 Å². The Labute approximate surface area is 177 Å². The maximum Gasteiger partial charge on any atom is 0.270 e. The zero-order valence-electron chi connectivity index (χ0n) is 15.8. The molecular weight excluding hydrogens is 406 g/mol. The van der Waals surface area contributed by atoms with Gasteiger partial charge < -0.3 is 9.73 Å². The highest BCUT2D eigenvalue weighted by molar-refractivity contribution is 6.33. The van der Waals surface area contributed by atoms with Crippen LogP contribution in [0.4, 0.5) is 5.69 Å². The maximum atomic E-state index is 12.5. The number of nitriles is 1. The zero-order chi connectivity index (χ0) is 21.7. The van der Waals surface area contributed by atoms with Gasteiger partial charge in [-0.1, -0.05) is 41.9 Å². The van der Waals surface area contributed by atoms with E-state index in [1.54, 1.807) is 12.1 Å². The highest BCUT2D eigenvalue weighted by atomic mass is 35.5. The van der Waals surface area contributed by atoms with Crippen molar-refractivity contribution < 1.29 is 14.1 Å². The third kappa shape index (κ3) is 4.74. The molecule has 0 aliphatic heterocycles. The Hall–Kier alpha value is -3.89. The number of non-ortho nitro benzene ring substituents is 1. The number of carbonyl (C=O) groups excluding carboxylic acids is 1. The van der Waals surface area contributed by atoms with Crippen LogP contribution >= 0.6 is 11.6 Å². The van der Waals surface area contributed by atoms with Crippen molar-refractivity contribution in [3.8, 4) is 17.4 Å². The van der Waals surface area contributed by atoms with Crippen molar-refractivity contribution in [2.45, 2.75) is 13.0 Å². The number of hydrogen-bond acceptors (Lipinski definition) is 5. The lowest BCUT2D eigenvalue weighted by molar-refractivity contribution is -0.384. The van der Waals surface area contributed by atoms with Crippen LogP contribution in [0.15, 0.2) is 70.7 Å². The van der Waals surface area contributed by atoms with E-state index in [4.69, 9.17) is 16.0 Å². The van der Waals surface area contributed by atoms with Crippen molar-refractivity contribution in [1.29, 1.82) is 5.26 Å². The molecule has 0 bridgehead atoms. The van der Waals surface area contributed by atoms with Crippen LogP contribution in [-0.2, 0) is 4.79 Å². The van der Waals surface area contributed by atoms with Gasteiger partial charge in [0, 0.05) is 23.8 Å². The second-order valence-electron chi connectivity index (χ2n) is 6.40. The number of carbonyl (C=O) groups is 1. The molecule has 1 aromatic heterocycles. The monoisotopic (exact) mass is 421 g/mol. The van der Waals surface area contributed by atoms with Crippen LogP contribution in [0.3, 0.4) is 0 Å². The molecule has 2 aromatic carbocycles. The van der Waals surface area contributed by atoms with Crippen LogP contribution in [0.2, 0.25) is 5.02 Å². The Morgan fingerprint density at radius 3 is 2.60 bits per heavy atom. The number of furan rings is 1. The van der Waals surface area contributed by atoms with Crippen LogP contribution in [0, 0.1) is 21.4 Å². The summed E-state index contributed by atoms with van der Waals surface area (Å²) < 4.78 is 5.66. The molecule has 0 aliphatic carbocycles. The smallest absolute Gasteiger partial charge is 0.270 e. The molecule has 0 radical (unpaired) electrons. The highest BCUT2D eigenvalue weighted by Gasteiger charge is 2.16. The number of hydrogen-bond donors (Lipinski definition) is 1. The van der Waals surface area contributed by atoms with Gasteiger partial charge in [-0.15, -0.1) is 0 Å². The first-order valence-electron chi connectivity index (χ1n) is 8.91. The molecule has 1 heterocycles. The third-order valence-corrected chi connectivity index (χ3v) is 4.67. The van der Waals surface area contributed by atoms with Crippen LogP contribution in [0.25, 0.3) is 17.4 Å². The number of rotatable bonds is 6. The Kier molecular flexibility index (Phi) is 6.30. The predicted molar refractivity (Wildman–Crippen MR) is 112 cm³/mol. The van der Waals surface area contributed by atoms with E-state index < -0.39 is 10.8 Å². The minimum Gasteiger partial charge on any atom is -0.457 e. The molecule has 30 heavy (non-hydrogen) atoms. The van der Waals surface area contributed by atoms with E-state index in [9.17, 15) is 20.2 Å². The average Bonchev–Trinajstić information content (AvgIpc) is 3.20. The van der Waals surface area contributed by atoms with Gasteiger partial charge in [0.2, 0.25) is 0 Å². The number of benzene rings is 2. The molecule has 7 nitrogen and oxygen atoms in total. The molecule has 8 heteroatoms. The fourth-order valence-electron chi connectivity index (χ4n) is 2.78. The minimum atomic E-state index is -0.541. The molecule has 1 N–H and O–H groups in total. The van der Waals surface area contributed by atoms with Crippen molar-refractivity contribution in [3.05, 3.63) is 92.7 Å². The summed E-state index contributed by atoms with van der Waals surface area (Å²) in [6.45, 7) is 1.82. The number of nitrogens with zero attached hydrogens (tertiary/aromatic N) is 2. The molecule has 1 atom stereocenters. The Balaban J connectivity index is 1.79. The maximum absolute atomic E-state index is 12.5. The number of nitro groups is 1. The van der Waals surface area contributed by atoms with E-state index in [-0.39, 0.29) is 28.1 Å². The molecule has 0 spiro atoms. The summed E-state index contributed by atoms with van der Waals surface area (Å²) in [5, 5.41) is 23.2. The summed E-state index contributed by atoms with van der Waals surface area (Å²) in [6, 6.07) is 18.2. The summed E-state index contributed by atoms with van der Waals surface area (Å²) in [4.78, 5) is 22.8. The van der Waals surface area contributed by atoms with E-state index in [2.05, 4.69) is 5.32 Å². The molecule has 0 fully saturated rings. The van der Waals surface area contributed by atoms with Gasteiger partial charge in [-0.05, 0) is 30.7 Å². The number of nitrogens with one attached hydrogen (secondary N) is 1. The van der Waals surface area contributed by atoms with Crippen LogP contribution in [0.5, 0.6) is 0 Å². The first kappa shape index (κ1) is 20.8. The SMILES string of the molecule is C[C@H](NC(=O)/C(C#N)=C\c1ccc(-c2ccc([N+](=O)[O-])cc2Cl)o1)c1ccccc1. The third-order valence-electron chi connectivity index (χ3n) is 4.35. The van der Waals surface area contributed by atoms with Gasteiger partial charge in [0.15, 0.2) is 0 Å². The summed E-state index contributed by atoms with van der Waals surface area (Å²) in [5.41, 5.74) is 1.12. The number of halogens is 1. The topological polar surface area (TPSA) is 109 Å². The quantitative estimate of drug-likeness (QED) is 0.251. The average molecular weight is 422 g/mol. The van der Waals surface area contributed by atoms with Crippen LogP contribution < -0.4 is 5.32 Å². The lowest BCUT2D eigenvalue weighted by Crippen LogP contribution is -2.27. The van der Waals surface area contributed by atoms with Gasteiger partial charge >= 0.3 is 0 Å². The normalized spacial score (nSPS) is 12.1. The zero-order valence-corrected chi connectivity index (χ0v) is 16.6. The van der Waals surface area contributed by atoms with E-state index in [0.717, 1.165) is 5.56 Å². The van der Waals surface area contributed by atoms with Crippen molar-refractivity contribution in [1.82, 2.24) is 5.32 Å². The number of amides is 1. The first-order valence-corrected chi connectivity index (χ1v) is 9.28. The van der Waals surface area contributed by atoms with Gasteiger partial charge in [0.05, 0.1) is 16.0 Å². The predicted octanol–water partition coefficient (Wildman–Crippen LogP) is 5.29. The molecule has 3 aromatic rings. The van der Waals surface area contributed by atoms with Gasteiger partial charge in [0.1, 0.15) is 23.2 Å². The second-order valence-corrected chi connectivity index (χ2v) is 6.81. The highest BCUT2D eigenvalue weighted by Crippen LogP contribution is 2.32. The van der Waals surface area contributed by atoms with Crippen molar-refractivity contribution in [3.63, 3.8) is 0 Å². The molecule has 0 unspecified atom stereocenters. The number of nitro benzene ring substituents is 1. The van der Waals surface area contributed by atoms with E-state index in [1.165, 1.54) is 24.3 Å². The second kappa shape index (κ2) is 9.07. The minimum absolute atomic E-state index is 0.117. The Bertz CT molecular complexity index is 1160. The molecule has 0 saturated heterocycles. The van der Waals surface area contributed by atoms with Crippen molar-refractivity contribution in [2.24, 2.45) is 0 Å². The molecule has 150 valence electrons. The Morgan fingerprint density at radius 2 is 1.97 bits per heavy atom. The standard InChI is InChI=1S/C22H16ClN3O4/c1-14(15-5-3-2-4-6-15)25-22(27)16(13-24)11-18-8-10-21(30-18)19-9-7-17(26(28)29)12-20(19)23/h2-12,14H,1H3,(H,25,27)/b16-11-/t14-/m0/s1. The lowest BCUT2D eigenvalue weighted by Gasteiger charge is -2.13. The summed E-state index contributed by atoms with van der Waals surface area (Å²) in [7, 11) is 0. The van der Waals surface area contributed by atoms with Crippen LogP contribution in [0.1, 0.15) is 24.3 Å². The molecular formula is C22H16ClN3O4. The summed E-state index contributed by atoms with van der Waals surface area (Å²) in [6.07, 6.45) is 1.33. The summed E-state index contributed by atoms with van der Waals surface area (Å²) >= 11 is 6.12. The Morgan fingerprint density at radius 1 is 1.23 bits per heavy atom. The van der Waals surface area contributed by atoms with Gasteiger partial charge in [0.25, 0.3) is 11.6 Å². The van der Waals surface area contributed by atoms with Gasteiger partial charge in [-0.3, -0.25) is 14.9 Å². The van der Waals surface area contributed by atoms with Crippen LogP contribution in [-0.4, -0.2) is 10.8 Å². The molecule has 3 rings (SSSR count). The fourth-order valence-corrected chi connectivity index (χ4v) is 3.05. The largest absolute Gasteiger partial charge is 0.457 e. The first-order chi connectivity index (χ1) is 14.4. The van der Waals surface area contributed by atoms with E-state index in [1.807, 2.05) is 43.3 Å². The summed E-state index contributed by atoms with van der Waals surface area (Å²) in [5.74, 6) is 0.107.